The summed E-state index contributed by atoms with van der Waals surface area (Å²) < 4.78 is 38.9. The lowest BCUT2D eigenvalue weighted by molar-refractivity contribution is 0.0657. The Labute approximate surface area is 145 Å². The van der Waals surface area contributed by atoms with Gasteiger partial charge in [-0.3, -0.25) is 4.79 Å². The fraction of sp³-hybridized carbons (Fsp3) is 0.375. The summed E-state index contributed by atoms with van der Waals surface area (Å²) in [5.74, 6) is -1.04. The number of rotatable bonds is 4. The molecule has 1 fully saturated rings. The minimum Gasteiger partial charge on any atom is -0.338 e. The van der Waals surface area contributed by atoms with Gasteiger partial charge < -0.3 is 9.47 Å². The molecule has 2 heterocycles. The second kappa shape index (κ2) is 6.93. The number of imidazole rings is 1. The maximum atomic E-state index is 14.1. The monoisotopic (exact) mass is 366 g/mol. The number of hydrogen-bond acceptors (Lipinski definition) is 4. The van der Waals surface area contributed by atoms with E-state index in [1.807, 2.05) is 10.8 Å². The van der Waals surface area contributed by atoms with Crippen LogP contribution in [0.25, 0.3) is 0 Å². The van der Waals surface area contributed by atoms with Crippen molar-refractivity contribution in [2.75, 3.05) is 13.1 Å². The maximum absolute atomic E-state index is 14.1. The maximum Gasteiger partial charge on any atom is 0.256 e. The molecule has 0 spiro atoms. The number of nitrogens with zero attached hydrogens (tertiary/aromatic N) is 3. The number of carbonyl (C=O) groups excluding carboxylic acids is 1. The van der Waals surface area contributed by atoms with E-state index in [9.17, 15) is 17.6 Å². The first-order valence-electron chi connectivity index (χ1n) is 7.92. The second-order valence-electron chi connectivity index (χ2n) is 6.21. The molecule has 0 radical (unpaired) electrons. The summed E-state index contributed by atoms with van der Waals surface area (Å²) in [6.07, 6.45) is 7.04. The molecule has 1 saturated heterocycles. The van der Waals surface area contributed by atoms with Crippen molar-refractivity contribution in [2.45, 2.75) is 24.3 Å². The number of halogens is 1. The highest BCUT2D eigenvalue weighted by Crippen LogP contribution is 2.22. The van der Waals surface area contributed by atoms with Gasteiger partial charge >= 0.3 is 0 Å². The van der Waals surface area contributed by atoms with Gasteiger partial charge in [0, 0.05) is 32.0 Å². The molecule has 2 N–H and O–H groups in total. The van der Waals surface area contributed by atoms with E-state index >= 15 is 0 Å². The lowest BCUT2D eigenvalue weighted by atomic mass is 9.97. The number of nitrogens with two attached hydrogens (primary N) is 1. The Morgan fingerprint density at radius 2 is 2.20 bits per heavy atom. The number of carbonyl (C=O) groups is 1. The van der Waals surface area contributed by atoms with Gasteiger partial charge in [-0.05, 0) is 37.0 Å². The van der Waals surface area contributed by atoms with Crippen LogP contribution in [0.5, 0.6) is 0 Å². The molecule has 134 valence electrons. The number of sulfonamides is 1. The SMILES string of the molecule is NS(=O)(=O)c1ccc(F)c(C(=O)N2CCCC(Cn3ccnc3)C2)c1. The van der Waals surface area contributed by atoms with Crippen LogP contribution >= 0.6 is 0 Å². The lowest BCUT2D eigenvalue weighted by Crippen LogP contribution is -2.41. The van der Waals surface area contributed by atoms with E-state index in [1.54, 1.807) is 17.4 Å². The summed E-state index contributed by atoms with van der Waals surface area (Å²) in [6.45, 7) is 1.72. The molecule has 25 heavy (non-hydrogen) atoms. The molecule has 9 heteroatoms. The lowest BCUT2D eigenvalue weighted by Gasteiger charge is -2.33. The van der Waals surface area contributed by atoms with Crippen molar-refractivity contribution in [1.82, 2.24) is 14.5 Å². The molecular weight excluding hydrogens is 347 g/mol. The zero-order valence-electron chi connectivity index (χ0n) is 13.5. The average Bonchev–Trinajstić information content (AvgIpc) is 3.07. The van der Waals surface area contributed by atoms with Gasteiger partial charge in [0.2, 0.25) is 10.0 Å². The van der Waals surface area contributed by atoms with Gasteiger partial charge in [0.1, 0.15) is 5.82 Å². The Morgan fingerprint density at radius 3 is 2.88 bits per heavy atom. The van der Waals surface area contributed by atoms with E-state index < -0.39 is 21.7 Å². The van der Waals surface area contributed by atoms with E-state index in [2.05, 4.69) is 4.98 Å². The average molecular weight is 366 g/mol. The molecule has 7 nitrogen and oxygen atoms in total. The number of likely N-dealkylation sites (tertiary alicyclic amines) is 1. The molecule has 0 bridgehead atoms. The zero-order valence-corrected chi connectivity index (χ0v) is 14.3. The van der Waals surface area contributed by atoms with Gasteiger partial charge in [0.15, 0.2) is 0 Å². The Morgan fingerprint density at radius 1 is 1.40 bits per heavy atom. The molecule has 0 aliphatic carbocycles. The van der Waals surface area contributed by atoms with Crippen LogP contribution in [-0.2, 0) is 16.6 Å². The third-order valence-corrected chi connectivity index (χ3v) is 5.24. The van der Waals surface area contributed by atoms with Crippen LogP contribution in [0, 0.1) is 11.7 Å². The number of piperidine rings is 1. The minimum atomic E-state index is -4.00. The molecule has 1 aliphatic heterocycles. The second-order valence-corrected chi connectivity index (χ2v) is 7.77. The highest BCUT2D eigenvalue weighted by molar-refractivity contribution is 7.89. The minimum absolute atomic E-state index is 0.233. The summed E-state index contributed by atoms with van der Waals surface area (Å²) in [5, 5.41) is 5.07. The fourth-order valence-electron chi connectivity index (χ4n) is 3.11. The number of hydrogen-bond donors (Lipinski definition) is 1. The van der Waals surface area contributed by atoms with Gasteiger partial charge in [-0.2, -0.15) is 0 Å². The largest absolute Gasteiger partial charge is 0.338 e. The molecule has 1 aromatic heterocycles. The van der Waals surface area contributed by atoms with Crippen molar-refractivity contribution in [3.63, 3.8) is 0 Å². The van der Waals surface area contributed by atoms with Crippen molar-refractivity contribution >= 4 is 15.9 Å². The van der Waals surface area contributed by atoms with Gasteiger partial charge in [-0.15, -0.1) is 0 Å². The molecule has 1 aromatic carbocycles. The summed E-state index contributed by atoms with van der Waals surface area (Å²) in [7, 11) is -4.00. The molecule has 1 atom stereocenters. The van der Waals surface area contributed by atoms with Crippen molar-refractivity contribution in [2.24, 2.45) is 11.1 Å². The Balaban J connectivity index is 1.78. The third kappa shape index (κ3) is 4.05. The fourth-order valence-corrected chi connectivity index (χ4v) is 3.65. The van der Waals surface area contributed by atoms with Crippen LogP contribution in [0.3, 0.4) is 0 Å². The van der Waals surface area contributed by atoms with Gasteiger partial charge in [-0.25, -0.2) is 22.9 Å². The van der Waals surface area contributed by atoms with Crippen molar-refractivity contribution < 1.29 is 17.6 Å². The molecule has 0 saturated carbocycles. The van der Waals surface area contributed by atoms with E-state index in [4.69, 9.17) is 5.14 Å². The molecular formula is C16H19FN4O3S. The van der Waals surface area contributed by atoms with E-state index in [-0.39, 0.29) is 16.4 Å². The van der Waals surface area contributed by atoms with Gasteiger partial charge in [0.25, 0.3) is 5.91 Å². The smallest absolute Gasteiger partial charge is 0.256 e. The summed E-state index contributed by atoms with van der Waals surface area (Å²) in [5.41, 5.74) is -0.269. The quantitative estimate of drug-likeness (QED) is 0.880. The summed E-state index contributed by atoms with van der Waals surface area (Å²) in [4.78, 5) is 18.0. The van der Waals surface area contributed by atoms with Crippen LogP contribution in [0.2, 0.25) is 0 Å². The standard InChI is InChI=1S/C16H19FN4O3S/c17-15-4-3-13(25(18,23)24)8-14(15)16(22)21-6-1-2-12(10-21)9-20-7-5-19-11-20/h3-5,7-8,11-12H,1-2,6,9-10H2,(H2,18,23,24). The first-order valence-corrected chi connectivity index (χ1v) is 9.46. The van der Waals surface area contributed by atoms with Crippen molar-refractivity contribution in [3.8, 4) is 0 Å². The summed E-state index contributed by atoms with van der Waals surface area (Å²) >= 11 is 0. The predicted molar refractivity (Wildman–Crippen MR) is 88.6 cm³/mol. The normalized spacial score (nSPS) is 18.3. The number of amides is 1. The molecule has 3 rings (SSSR count). The first kappa shape index (κ1) is 17.6. The van der Waals surface area contributed by atoms with E-state index in [0.29, 0.717) is 13.1 Å². The van der Waals surface area contributed by atoms with Crippen molar-refractivity contribution in [1.29, 1.82) is 0 Å². The molecule has 1 aliphatic rings. The first-order chi connectivity index (χ1) is 11.8. The van der Waals surface area contributed by atoms with Crippen molar-refractivity contribution in [3.05, 3.63) is 48.3 Å². The number of benzene rings is 1. The number of primary sulfonamides is 1. The molecule has 1 unspecified atom stereocenters. The van der Waals surface area contributed by atoms with Crippen LogP contribution in [-0.4, -0.2) is 41.9 Å². The van der Waals surface area contributed by atoms with Crippen LogP contribution in [0.1, 0.15) is 23.2 Å². The predicted octanol–water partition coefficient (Wildman–Crippen LogP) is 1.22. The highest BCUT2D eigenvalue weighted by atomic mass is 32.2. The molecule has 1 amide bonds. The third-order valence-electron chi connectivity index (χ3n) is 4.33. The molecule has 2 aromatic rings. The van der Waals surface area contributed by atoms with Crippen LogP contribution in [0.15, 0.2) is 41.8 Å². The summed E-state index contributed by atoms with van der Waals surface area (Å²) in [6, 6.07) is 3.02. The van der Waals surface area contributed by atoms with E-state index in [0.717, 1.165) is 37.6 Å². The van der Waals surface area contributed by atoms with Gasteiger partial charge in [-0.1, -0.05) is 0 Å². The van der Waals surface area contributed by atoms with Crippen LogP contribution < -0.4 is 5.14 Å². The van der Waals surface area contributed by atoms with Crippen LogP contribution in [0.4, 0.5) is 4.39 Å². The van der Waals surface area contributed by atoms with Gasteiger partial charge in [0.05, 0.1) is 16.8 Å². The topological polar surface area (TPSA) is 98.3 Å². The van der Waals surface area contributed by atoms with E-state index in [1.165, 1.54) is 0 Å². The Bertz CT molecular complexity index is 868. The highest BCUT2D eigenvalue weighted by Gasteiger charge is 2.27. The zero-order chi connectivity index (χ0) is 18.0. The Kier molecular flexibility index (Phi) is 4.87. The Hall–Kier alpha value is -2.26. The number of aromatic nitrogens is 2.